The highest BCUT2D eigenvalue weighted by Gasteiger charge is 2.24. The van der Waals surface area contributed by atoms with Gasteiger partial charge in [-0.1, -0.05) is 29.8 Å². The number of rotatable bonds is 4. The zero-order valence-corrected chi connectivity index (χ0v) is 13.1. The van der Waals surface area contributed by atoms with E-state index in [4.69, 9.17) is 16.3 Å². The molecule has 0 radical (unpaired) electrons. The van der Waals surface area contributed by atoms with Crippen molar-refractivity contribution in [2.75, 3.05) is 6.61 Å². The molecule has 2 aromatic heterocycles. The van der Waals surface area contributed by atoms with Gasteiger partial charge in [0.1, 0.15) is 0 Å². The zero-order chi connectivity index (χ0) is 16.4. The van der Waals surface area contributed by atoms with Gasteiger partial charge in [0.25, 0.3) is 0 Å². The molecule has 0 saturated heterocycles. The van der Waals surface area contributed by atoms with E-state index in [9.17, 15) is 9.90 Å². The van der Waals surface area contributed by atoms with Crippen LogP contribution in [0.25, 0.3) is 22.2 Å². The Morgan fingerprint density at radius 3 is 2.87 bits per heavy atom. The maximum absolute atomic E-state index is 12.4. The number of hydrogen-bond acceptors (Lipinski definition) is 5. The first kappa shape index (κ1) is 15.5. The molecule has 118 valence electrons. The summed E-state index contributed by atoms with van der Waals surface area (Å²) in [5.41, 5.74) is 2.10. The number of aromatic amines is 1. The predicted octanol–water partition coefficient (Wildman–Crippen LogP) is 2.95. The van der Waals surface area contributed by atoms with Crippen LogP contribution in [0.15, 0.2) is 30.5 Å². The Hall–Kier alpha value is -2.44. The van der Waals surface area contributed by atoms with Crippen molar-refractivity contribution in [3.8, 4) is 11.1 Å². The molecule has 0 atom stereocenters. The number of esters is 1. The first-order valence-electron chi connectivity index (χ1n) is 7.06. The SMILES string of the molecule is CCOC(=O)c1c(CO)nc2[nH]ncc2c1-c1ccccc1Cl. The number of aliphatic hydroxyl groups excluding tert-OH is 1. The molecule has 0 aliphatic heterocycles. The number of hydrogen-bond donors (Lipinski definition) is 2. The minimum atomic E-state index is -0.554. The number of nitrogens with one attached hydrogen (secondary N) is 1. The van der Waals surface area contributed by atoms with Gasteiger partial charge in [-0.25, -0.2) is 9.78 Å². The van der Waals surface area contributed by atoms with Crippen LogP contribution >= 0.6 is 11.6 Å². The molecule has 23 heavy (non-hydrogen) atoms. The number of nitrogens with zero attached hydrogens (tertiary/aromatic N) is 2. The van der Waals surface area contributed by atoms with Gasteiger partial charge in [-0.05, 0) is 13.0 Å². The molecular formula is C16H14ClN3O3. The van der Waals surface area contributed by atoms with E-state index in [1.165, 1.54) is 0 Å². The van der Waals surface area contributed by atoms with E-state index in [1.807, 2.05) is 6.07 Å². The van der Waals surface area contributed by atoms with Crippen LogP contribution in [0.4, 0.5) is 0 Å². The molecule has 0 fully saturated rings. The predicted molar refractivity (Wildman–Crippen MR) is 86.2 cm³/mol. The largest absolute Gasteiger partial charge is 0.462 e. The van der Waals surface area contributed by atoms with E-state index < -0.39 is 12.6 Å². The highest BCUT2D eigenvalue weighted by molar-refractivity contribution is 6.34. The third kappa shape index (κ3) is 2.67. The fraction of sp³-hybridized carbons (Fsp3) is 0.188. The van der Waals surface area contributed by atoms with Gasteiger partial charge < -0.3 is 9.84 Å². The molecule has 6 nitrogen and oxygen atoms in total. The summed E-state index contributed by atoms with van der Waals surface area (Å²) in [5, 5.41) is 17.5. The van der Waals surface area contributed by atoms with Crippen molar-refractivity contribution in [1.82, 2.24) is 15.2 Å². The van der Waals surface area contributed by atoms with Crippen LogP contribution in [-0.4, -0.2) is 32.9 Å². The second-order valence-corrected chi connectivity index (χ2v) is 5.21. The van der Waals surface area contributed by atoms with Crippen LogP contribution in [-0.2, 0) is 11.3 Å². The molecule has 0 saturated carbocycles. The number of pyridine rings is 1. The number of aromatic nitrogens is 3. The van der Waals surface area contributed by atoms with E-state index in [1.54, 1.807) is 31.3 Å². The second-order valence-electron chi connectivity index (χ2n) is 4.80. The molecule has 0 amide bonds. The summed E-state index contributed by atoms with van der Waals surface area (Å²) in [4.78, 5) is 16.7. The zero-order valence-electron chi connectivity index (χ0n) is 12.3. The van der Waals surface area contributed by atoms with Crippen molar-refractivity contribution in [1.29, 1.82) is 0 Å². The van der Waals surface area contributed by atoms with Crippen molar-refractivity contribution in [2.45, 2.75) is 13.5 Å². The van der Waals surface area contributed by atoms with Gasteiger partial charge in [0.2, 0.25) is 0 Å². The molecule has 0 bridgehead atoms. The summed E-state index contributed by atoms with van der Waals surface area (Å²) in [7, 11) is 0. The quantitative estimate of drug-likeness (QED) is 0.718. The lowest BCUT2D eigenvalue weighted by Gasteiger charge is -2.14. The van der Waals surface area contributed by atoms with E-state index in [2.05, 4.69) is 15.2 Å². The molecule has 0 unspecified atom stereocenters. The van der Waals surface area contributed by atoms with Gasteiger partial charge in [-0.15, -0.1) is 0 Å². The Bertz CT molecular complexity index is 876. The van der Waals surface area contributed by atoms with Gasteiger partial charge in [-0.3, -0.25) is 5.10 Å². The van der Waals surface area contributed by atoms with Crippen molar-refractivity contribution in [3.63, 3.8) is 0 Å². The third-order valence-corrected chi connectivity index (χ3v) is 3.78. The van der Waals surface area contributed by atoms with Gasteiger partial charge in [-0.2, -0.15) is 5.10 Å². The summed E-state index contributed by atoms with van der Waals surface area (Å²) in [5.74, 6) is -0.554. The molecule has 3 rings (SSSR count). The smallest absolute Gasteiger partial charge is 0.340 e. The van der Waals surface area contributed by atoms with Crippen LogP contribution < -0.4 is 0 Å². The fourth-order valence-electron chi connectivity index (χ4n) is 2.50. The molecule has 2 heterocycles. The molecule has 1 aromatic carbocycles. The van der Waals surface area contributed by atoms with Crippen LogP contribution in [0.1, 0.15) is 23.0 Å². The standard InChI is InChI=1S/C16H14ClN3O3/c1-2-23-16(22)14-12(8-21)19-15-10(7-18-20-15)13(14)9-5-3-4-6-11(9)17/h3-7,21H,2,8H2,1H3,(H,18,19,20). The number of benzene rings is 1. The highest BCUT2D eigenvalue weighted by Crippen LogP contribution is 2.36. The Labute approximate surface area is 137 Å². The van der Waals surface area contributed by atoms with E-state index in [-0.39, 0.29) is 17.9 Å². The number of aliphatic hydroxyl groups is 1. The van der Waals surface area contributed by atoms with Gasteiger partial charge in [0, 0.05) is 21.5 Å². The minimum absolute atomic E-state index is 0.205. The summed E-state index contributed by atoms with van der Waals surface area (Å²) in [6.07, 6.45) is 1.57. The molecule has 3 aromatic rings. The lowest BCUT2D eigenvalue weighted by molar-refractivity contribution is 0.0523. The summed E-state index contributed by atoms with van der Waals surface area (Å²) >= 11 is 6.31. The summed E-state index contributed by atoms with van der Waals surface area (Å²) in [6.45, 7) is 1.53. The molecule has 0 aliphatic carbocycles. The molecule has 7 heteroatoms. The van der Waals surface area contributed by atoms with Crippen molar-refractivity contribution >= 4 is 28.6 Å². The Morgan fingerprint density at radius 2 is 2.17 bits per heavy atom. The summed E-state index contributed by atoms with van der Waals surface area (Å²) < 4.78 is 5.13. The average Bonchev–Trinajstić information content (AvgIpc) is 3.02. The normalized spacial score (nSPS) is 10.9. The van der Waals surface area contributed by atoms with E-state index in [0.29, 0.717) is 27.2 Å². The minimum Gasteiger partial charge on any atom is -0.462 e. The number of fused-ring (bicyclic) bond motifs is 1. The van der Waals surface area contributed by atoms with Gasteiger partial charge in [0.15, 0.2) is 5.65 Å². The third-order valence-electron chi connectivity index (χ3n) is 3.45. The number of carbonyl (C=O) groups is 1. The maximum Gasteiger partial charge on any atom is 0.340 e. The number of halogens is 1. The Kier molecular flexibility index (Phi) is 4.27. The molecule has 2 N–H and O–H groups in total. The van der Waals surface area contributed by atoms with E-state index in [0.717, 1.165) is 0 Å². The van der Waals surface area contributed by atoms with Gasteiger partial charge >= 0.3 is 5.97 Å². The fourth-order valence-corrected chi connectivity index (χ4v) is 2.73. The topological polar surface area (TPSA) is 88.1 Å². The van der Waals surface area contributed by atoms with Crippen molar-refractivity contribution in [3.05, 3.63) is 46.7 Å². The molecular weight excluding hydrogens is 318 g/mol. The average molecular weight is 332 g/mol. The first-order valence-corrected chi connectivity index (χ1v) is 7.44. The van der Waals surface area contributed by atoms with Crippen LogP contribution in [0, 0.1) is 0 Å². The molecule has 0 aliphatic rings. The van der Waals surface area contributed by atoms with Gasteiger partial charge in [0.05, 0.1) is 30.7 Å². The van der Waals surface area contributed by atoms with Crippen LogP contribution in [0.2, 0.25) is 5.02 Å². The highest BCUT2D eigenvalue weighted by atomic mass is 35.5. The Balaban J connectivity index is 2.41. The van der Waals surface area contributed by atoms with Crippen molar-refractivity contribution < 1.29 is 14.6 Å². The van der Waals surface area contributed by atoms with Crippen molar-refractivity contribution in [2.24, 2.45) is 0 Å². The lowest BCUT2D eigenvalue weighted by Crippen LogP contribution is -2.12. The first-order chi connectivity index (χ1) is 11.2. The van der Waals surface area contributed by atoms with Crippen LogP contribution in [0.3, 0.4) is 0 Å². The van der Waals surface area contributed by atoms with Crippen LogP contribution in [0.5, 0.6) is 0 Å². The van der Waals surface area contributed by atoms with E-state index >= 15 is 0 Å². The lowest BCUT2D eigenvalue weighted by atomic mass is 9.96. The number of ether oxygens (including phenoxy) is 1. The summed E-state index contributed by atoms with van der Waals surface area (Å²) in [6, 6.07) is 7.16. The number of carbonyl (C=O) groups excluding carboxylic acids is 1. The number of H-pyrrole nitrogens is 1. The molecule has 0 spiro atoms. The maximum atomic E-state index is 12.4. The second kappa shape index (κ2) is 6.36. The Morgan fingerprint density at radius 1 is 1.39 bits per heavy atom. The monoisotopic (exact) mass is 331 g/mol.